The molecule has 3 nitrogen and oxygen atoms in total. The van der Waals surface area contributed by atoms with Crippen LogP contribution in [0, 0.1) is 23.2 Å². The first-order valence-corrected chi connectivity index (χ1v) is 8.60. The smallest absolute Gasteiger partial charge is 0.309 e. The summed E-state index contributed by atoms with van der Waals surface area (Å²) in [6.07, 6.45) is 7.10. The van der Waals surface area contributed by atoms with Crippen molar-refractivity contribution >= 4 is 5.97 Å². The number of nitrogens with zero attached hydrogens (tertiary/aromatic N) is 1. The first-order chi connectivity index (χ1) is 10.0. The van der Waals surface area contributed by atoms with Crippen molar-refractivity contribution in [1.82, 2.24) is 4.90 Å². The summed E-state index contributed by atoms with van der Waals surface area (Å²) in [5.41, 5.74) is 2.19. The minimum absolute atomic E-state index is 0.0111. The Morgan fingerprint density at radius 3 is 2.67 bits per heavy atom. The Balaban J connectivity index is 1.50. The Morgan fingerprint density at radius 2 is 2.10 bits per heavy atom. The molecule has 2 bridgehead atoms. The highest BCUT2D eigenvalue weighted by atomic mass is 16.5. The zero-order chi connectivity index (χ0) is 15.0. The van der Waals surface area contributed by atoms with Gasteiger partial charge in [-0.25, -0.2) is 0 Å². The van der Waals surface area contributed by atoms with Gasteiger partial charge in [0.05, 0.1) is 12.5 Å². The maximum atomic E-state index is 11.8. The van der Waals surface area contributed by atoms with Crippen molar-refractivity contribution < 1.29 is 9.53 Å². The summed E-state index contributed by atoms with van der Waals surface area (Å²) in [5, 5.41) is 0. The molecule has 4 aliphatic rings. The number of carbonyl (C=O) groups excluding carboxylic acids is 1. The number of ether oxygens (including phenoxy) is 1. The van der Waals surface area contributed by atoms with Crippen LogP contribution in [0.2, 0.25) is 0 Å². The van der Waals surface area contributed by atoms with Crippen LogP contribution >= 0.6 is 0 Å². The number of piperidine rings is 1. The lowest BCUT2D eigenvalue weighted by atomic mass is 9.49. The van der Waals surface area contributed by atoms with Crippen LogP contribution in [0.15, 0.2) is 11.6 Å². The van der Waals surface area contributed by atoms with E-state index in [2.05, 4.69) is 24.8 Å². The van der Waals surface area contributed by atoms with Crippen molar-refractivity contribution in [2.45, 2.75) is 46.5 Å². The molecule has 0 radical (unpaired) electrons. The normalized spacial score (nSPS) is 32.2. The molecular formula is C18H29NO2. The molecule has 2 fully saturated rings. The van der Waals surface area contributed by atoms with Gasteiger partial charge >= 0.3 is 5.97 Å². The van der Waals surface area contributed by atoms with Gasteiger partial charge in [0.15, 0.2) is 0 Å². The molecule has 0 N–H and O–H groups in total. The van der Waals surface area contributed by atoms with Gasteiger partial charge in [0.1, 0.15) is 0 Å². The van der Waals surface area contributed by atoms with Gasteiger partial charge in [-0.2, -0.15) is 0 Å². The Bertz CT molecular complexity index is 432. The average Bonchev–Trinajstić information content (AvgIpc) is 2.48. The highest BCUT2D eigenvalue weighted by Gasteiger charge is 2.51. The molecule has 0 aromatic rings. The van der Waals surface area contributed by atoms with Crippen molar-refractivity contribution in [1.29, 1.82) is 0 Å². The Morgan fingerprint density at radius 1 is 1.38 bits per heavy atom. The van der Waals surface area contributed by atoms with Crippen LogP contribution in [0.3, 0.4) is 0 Å². The highest BCUT2D eigenvalue weighted by molar-refractivity contribution is 5.72. The van der Waals surface area contributed by atoms with Gasteiger partial charge in [-0.05, 0) is 62.9 Å². The first-order valence-electron chi connectivity index (χ1n) is 8.60. The number of fused-ring (bicyclic) bond motifs is 1. The lowest BCUT2D eigenvalue weighted by molar-refractivity contribution is -0.149. The Hall–Kier alpha value is -0.830. The highest BCUT2D eigenvalue weighted by Crippen LogP contribution is 2.59. The van der Waals surface area contributed by atoms with E-state index in [4.69, 9.17) is 4.74 Å². The van der Waals surface area contributed by atoms with E-state index in [0.29, 0.717) is 12.0 Å². The zero-order valence-electron chi connectivity index (χ0n) is 13.7. The second-order valence-electron chi connectivity index (χ2n) is 7.62. The molecule has 1 heterocycles. The van der Waals surface area contributed by atoms with Crippen molar-refractivity contribution in [3.63, 3.8) is 0 Å². The number of likely N-dealkylation sites (tertiary alicyclic amines) is 1. The largest absolute Gasteiger partial charge is 0.466 e. The molecule has 1 saturated carbocycles. The topological polar surface area (TPSA) is 29.5 Å². The lowest BCUT2D eigenvalue weighted by Crippen LogP contribution is -2.50. The Kier molecular flexibility index (Phi) is 4.13. The molecule has 0 unspecified atom stereocenters. The van der Waals surface area contributed by atoms with Gasteiger partial charge in [0.2, 0.25) is 0 Å². The average molecular weight is 291 g/mol. The zero-order valence-corrected chi connectivity index (χ0v) is 13.7. The maximum Gasteiger partial charge on any atom is 0.309 e. The number of rotatable bonds is 4. The van der Waals surface area contributed by atoms with Gasteiger partial charge in [0, 0.05) is 6.54 Å². The fourth-order valence-corrected chi connectivity index (χ4v) is 4.50. The summed E-state index contributed by atoms with van der Waals surface area (Å²) in [7, 11) is 0. The van der Waals surface area contributed by atoms with Crippen LogP contribution in [0.25, 0.3) is 0 Å². The summed E-state index contributed by atoms with van der Waals surface area (Å²) in [6.45, 7) is 10.5. The SMILES string of the molecule is CCOC(=O)C1CCN(CC2=CC[C@H]3C[C@@H]2C3(C)C)CC1. The number of hydrogen-bond acceptors (Lipinski definition) is 3. The molecule has 21 heavy (non-hydrogen) atoms. The standard InChI is InChI=1S/C18H29NO2/c1-4-21-17(20)13-7-9-19(10-8-13)12-14-5-6-15-11-16(14)18(15,2)3/h5,13,15-16H,4,6-12H2,1-3H3/t15-,16-/m0/s1. The van der Waals surface area contributed by atoms with E-state index < -0.39 is 0 Å². The number of allylic oxidation sites excluding steroid dienone is 1. The molecule has 2 atom stereocenters. The molecule has 0 spiro atoms. The minimum Gasteiger partial charge on any atom is -0.466 e. The summed E-state index contributed by atoms with van der Waals surface area (Å²) >= 11 is 0. The molecule has 4 rings (SSSR count). The van der Waals surface area contributed by atoms with Gasteiger partial charge in [-0.1, -0.05) is 25.5 Å². The molecule has 3 aliphatic carbocycles. The number of hydrogen-bond donors (Lipinski definition) is 0. The third-order valence-electron chi connectivity index (χ3n) is 6.20. The van der Waals surface area contributed by atoms with Crippen molar-refractivity contribution in [3.05, 3.63) is 11.6 Å². The molecule has 0 amide bonds. The predicted octanol–water partition coefficient (Wildman–Crippen LogP) is 3.25. The molecule has 3 heteroatoms. The second-order valence-corrected chi connectivity index (χ2v) is 7.62. The van der Waals surface area contributed by atoms with E-state index >= 15 is 0 Å². The van der Waals surface area contributed by atoms with Crippen LogP contribution in [0.4, 0.5) is 0 Å². The van der Waals surface area contributed by atoms with Crippen molar-refractivity contribution in [2.24, 2.45) is 23.2 Å². The second kappa shape index (κ2) is 5.75. The summed E-state index contributed by atoms with van der Waals surface area (Å²) in [5.74, 6) is 1.86. The summed E-state index contributed by atoms with van der Waals surface area (Å²) in [4.78, 5) is 14.3. The molecule has 0 aromatic carbocycles. The van der Waals surface area contributed by atoms with Crippen molar-refractivity contribution in [3.8, 4) is 0 Å². The summed E-state index contributed by atoms with van der Waals surface area (Å²) < 4.78 is 5.15. The van der Waals surface area contributed by atoms with Crippen LogP contribution < -0.4 is 0 Å². The maximum absolute atomic E-state index is 11.8. The fraction of sp³-hybridized carbons (Fsp3) is 0.833. The van der Waals surface area contributed by atoms with E-state index in [1.165, 1.54) is 12.8 Å². The Labute approximate surface area is 128 Å². The molecule has 1 aliphatic heterocycles. The van der Waals surface area contributed by atoms with Crippen LogP contribution in [-0.4, -0.2) is 37.1 Å². The van der Waals surface area contributed by atoms with E-state index in [1.807, 2.05) is 6.92 Å². The molecule has 1 saturated heterocycles. The van der Waals surface area contributed by atoms with Crippen LogP contribution in [0.5, 0.6) is 0 Å². The fourth-order valence-electron chi connectivity index (χ4n) is 4.50. The predicted molar refractivity (Wildman–Crippen MR) is 83.9 cm³/mol. The van der Waals surface area contributed by atoms with Crippen LogP contribution in [-0.2, 0) is 9.53 Å². The molecule has 118 valence electrons. The minimum atomic E-state index is 0.0111. The van der Waals surface area contributed by atoms with Gasteiger partial charge in [-0.15, -0.1) is 0 Å². The summed E-state index contributed by atoms with van der Waals surface area (Å²) in [6, 6.07) is 0. The van der Waals surface area contributed by atoms with E-state index in [0.717, 1.165) is 44.3 Å². The number of carbonyl (C=O) groups is 1. The first kappa shape index (κ1) is 15.1. The third-order valence-corrected chi connectivity index (χ3v) is 6.20. The molecule has 0 aromatic heterocycles. The van der Waals surface area contributed by atoms with E-state index in [1.54, 1.807) is 5.57 Å². The van der Waals surface area contributed by atoms with E-state index in [-0.39, 0.29) is 11.9 Å². The van der Waals surface area contributed by atoms with Gasteiger partial charge in [-0.3, -0.25) is 9.69 Å². The number of esters is 1. The quantitative estimate of drug-likeness (QED) is 0.588. The van der Waals surface area contributed by atoms with Crippen molar-refractivity contribution in [2.75, 3.05) is 26.2 Å². The van der Waals surface area contributed by atoms with E-state index in [9.17, 15) is 4.79 Å². The third kappa shape index (κ3) is 2.77. The van der Waals surface area contributed by atoms with Gasteiger partial charge < -0.3 is 4.74 Å². The lowest BCUT2D eigenvalue weighted by Gasteiger charge is -2.57. The van der Waals surface area contributed by atoms with Crippen LogP contribution in [0.1, 0.15) is 46.5 Å². The monoisotopic (exact) mass is 291 g/mol. The molecular weight excluding hydrogens is 262 g/mol. The van der Waals surface area contributed by atoms with Gasteiger partial charge in [0.25, 0.3) is 0 Å².